The number of likely N-dealkylation sites (tertiary alicyclic amines) is 1. The number of hydrogen-bond donors (Lipinski definition) is 2. The molecule has 5 nitrogen and oxygen atoms in total. The summed E-state index contributed by atoms with van der Waals surface area (Å²) in [6.07, 6.45) is 2.37. The van der Waals surface area contributed by atoms with Crippen molar-refractivity contribution in [3.05, 3.63) is 0 Å². The average Bonchev–Trinajstić information content (AvgIpc) is 2.58. The van der Waals surface area contributed by atoms with Crippen LogP contribution in [0.5, 0.6) is 0 Å². The predicted octanol–water partition coefficient (Wildman–Crippen LogP) is -0.342. The van der Waals surface area contributed by atoms with E-state index in [1.165, 1.54) is 0 Å². The molecule has 1 saturated heterocycles. The molecule has 0 radical (unpaired) electrons. The van der Waals surface area contributed by atoms with Gasteiger partial charge in [-0.05, 0) is 24.7 Å². The Kier molecular flexibility index (Phi) is 2.42. The van der Waals surface area contributed by atoms with Crippen molar-refractivity contribution in [3.8, 4) is 0 Å². The molecule has 1 saturated carbocycles. The van der Waals surface area contributed by atoms with Crippen molar-refractivity contribution in [1.29, 1.82) is 0 Å². The van der Waals surface area contributed by atoms with E-state index in [9.17, 15) is 9.59 Å². The molecule has 0 atom stereocenters. The van der Waals surface area contributed by atoms with Gasteiger partial charge in [0.2, 0.25) is 5.91 Å². The van der Waals surface area contributed by atoms with Gasteiger partial charge in [-0.2, -0.15) is 0 Å². The molecule has 0 aromatic heterocycles. The van der Waals surface area contributed by atoms with Gasteiger partial charge in [-0.15, -0.1) is 0 Å². The van der Waals surface area contributed by atoms with Crippen LogP contribution in [0, 0.1) is 11.3 Å². The Morgan fingerprint density at radius 3 is 2.67 bits per heavy atom. The molecule has 15 heavy (non-hydrogen) atoms. The Morgan fingerprint density at radius 1 is 1.47 bits per heavy atom. The fourth-order valence-corrected chi connectivity index (χ4v) is 2.77. The Bertz CT molecular complexity index is 297. The van der Waals surface area contributed by atoms with E-state index in [0.29, 0.717) is 6.54 Å². The summed E-state index contributed by atoms with van der Waals surface area (Å²) in [6, 6.07) is 0. The Hall–Kier alpha value is -1.10. The summed E-state index contributed by atoms with van der Waals surface area (Å²) in [7, 11) is 0. The largest absolute Gasteiger partial charge is 0.481 e. The first kappa shape index (κ1) is 10.4. The number of carboxylic acid groups (broad SMARTS) is 1. The summed E-state index contributed by atoms with van der Waals surface area (Å²) < 4.78 is 0. The summed E-state index contributed by atoms with van der Waals surface area (Å²) in [5, 5.41) is 8.80. The lowest BCUT2D eigenvalue weighted by Crippen LogP contribution is -2.44. The topological polar surface area (TPSA) is 83.6 Å². The molecule has 84 valence electrons. The van der Waals surface area contributed by atoms with Crippen LogP contribution in [0.25, 0.3) is 0 Å². The van der Waals surface area contributed by atoms with Crippen molar-refractivity contribution in [2.24, 2.45) is 17.1 Å². The number of rotatable bonds is 2. The van der Waals surface area contributed by atoms with E-state index >= 15 is 0 Å². The van der Waals surface area contributed by atoms with Crippen LogP contribution < -0.4 is 5.73 Å². The Labute approximate surface area is 88.2 Å². The van der Waals surface area contributed by atoms with Crippen LogP contribution in [0.1, 0.15) is 19.3 Å². The third-order valence-electron chi connectivity index (χ3n) is 3.67. The lowest BCUT2D eigenvalue weighted by molar-refractivity contribution is -0.149. The van der Waals surface area contributed by atoms with Crippen LogP contribution in [0.4, 0.5) is 0 Å². The second-order valence-electron chi connectivity index (χ2n) is 4.71. The highest BCUT2D eigenvalue weighted by atomic mass is 16.4. The highest BCUT2D eigenvalue weighted by molar-refractivity contribution is 5.78. The van der Waals surface area contributed by atoms with Crippen molar-refractivity contribution in [2.45, 2.75) is 19.3 Å². The van der Waals surface area contributed by atoms with Crippen LogP contribution in [0.3, 0.4) is 0 Å². The summed E-state index contributed by atoms with van der Waals surface area (Å²) in [4.78, 5) is 23.8. The predicted molar refractivity (Wildman–Crippen MR) is 53.0 cm³/mol. The van der Waals surface area contributed by atoms with Gasteiger partial charge in [-0.25, -0.2) is 0 Å². The SMILES string of the molecule is NCC(=O)N1CCC2(CC(C(=O)O)C2)C1. The standard InChI is InChI=1S/C10H16N2O3/c11-5-8(13)12-2-1-10(6-12)3-7(4-10)9(14)15/h7H,1-6,11H2,(H,14,15). The summed E-state index contributed by atoms with van der Waals surface area (Å²) >= 11 is 0. The first-order valence-electron chi connectivity index (χ1n) is 5.27. The molecule has 1 aliphatic heterocycles. The molecule has 5 heteroatoms. The number of carbonyl (C=O) groups excluding carboxylic acids is 1. The lowest BCUT2D eigenvalue weighted by atomic mass is 9.61. The molecule has 0 aromatic carbocycles. The fraction of sp³-hybridized carbons (Fsp3) is 0.800. The van der Waals surface area contributed by atoms with E-state index < -0.39 is 5.97 Å². The van der Waals surface area contributed by atoms with Gasteiger partial charge >= 0.3 is 5.97 Å². The molecule has 0 aromatic rings. The van der Waals surface area contributed by atoms with Crippen molar-refractivity contribution in [1.82, 2.24) is 4.90 Å². The molecule has 1 aliphatic carbocycles. The van der Waals surface area contributed by atoms with Gasteiger partial charge in [0.15, 0.2) is 0 Å². The summed E-state index contributed by atoms with van der Waals surface area (Å²) in [5.41, 5.74) is 5.38. The van der Waals surface area contributed by atoms with E-state index in [4.69, 9.17) is 10.8 Å². The molecular weight excluding hydrogens is 196 g/mol. The first-order chi connectivity index (χ1) is 7.06. The van der Waals surface area contributed by atoms with Gasteiger partial charge in [-0.1, -0.05) is 0 Å². The molecule has 2 rings (SSSR count). The average molecular weight is 212 g/mol. The van der Waals surface area contributed by atoms with Gasteiger partial charge in [0, 0.05) is 13.1 Å². The monoisotopic (exact) mass is 212 g/mol. The number of amides is 1. The third kappa shape index (κ3) is 1.71. The zero-order valence-electron chi connectivity index (χ0n) is 8.61. The van der Waals surface area contributed by atoms with Crippen LogP contribution in [-0.2, 0) is 9.59 Å². The van der Waals surface area contributed by atoms with E-state index in [1.807, 2.05) is 0 Å². The maximum atomic E-state index is 11.3. The first-order valence-corrected chi connectivity index (χ1v) is 5.27. The fourth-order valence-electron chi connectivity index (χ4n) is 2.77. The minimum atomic E-state index is -0.704. The van der Waals surface area contributed by atoms with Crippen molar-refractivity contribution in [3.63, 3.8) is 0 Å². The van der Waals surface area contributed by atoms with Crippen molar-refractivity contribution < 1.29 is 14.7 Å². The molecule has 1 spiro atoms. The highest BCUT2D eigenvalue weighted by Gasteiger charge is 2.51. The number of nitrogens with two attached hydrogens (primary N) is 1. The van der Waals surface area contributed by atoms with Crippen LogP contribution in [0.15, 0.2) is 0 Å². The normalized spacial score (nSPS) is 34.2. The van der Waals surface area contributed by atoms with Crippen LogP contribution >= 0.6 is 0 Å². The van der Waals surface area contributed by atoms with Gasteiger partial charge in [0.05, 0.1) is 12.5 Å². The van der Waals surface area contributed by atoms with Gasteiger partial charge in [0.25, 0.3) is 0 Å². The molecule has 0 bridgehead atoms. The lowest BCUT2D eigenvalue weighted by Gasteiger charge is -2.42. The number of nitrogens with zero attached hydrogens (tertiary/aromatic N) is 1. The quantitative estimate of drug-likeness (QED) is 0.655. The number of carboxylic acids is 1. The number of carbonyl (C=O) groups is 2. The Morgan fingerprint density at radius 2 is 2.13 bits per heavy atom. The highest BCUT2D eigenvalue weighted by Crippen LogP contribution is 2.51. The van der Waals surface area contributed by atoms with Gasteiger partial charge < -0.3 is 15.7 Å². The van der Waals surface area contributed by atoms with Crippen molar-refractivity contribution in [2.75, 3.05) is 19.6 Å². The maximum Gasteiger partial charge on any atom is 0.306 e. The molecular formula is C10H16N2O3. The maximum absolute atomic E-state index is 11.3. The summed E-state index contributed by atoms with van der Waals surface area (Å²) in [5.74, 6) is -0.923. The van der Waals surface area contributed by atoms with E-state index in [0.717, 1.165) is 25.8 Å². The molecule has 3 N–H and O–H groups in total. The minimum Gasteiger partial charge on any atom is -0.481 e. The molecule has 1 heterocycles. The van der Waals surface area contributed by atoms with E-state index in [-0.39, 0.29) is 23.8 Å². The second-order valence-corrected chi connectivity index (χ2v) is 4.71. The van der Waals surface area contributed by atoms with Gasteiger partial charge in [-0.3, -0.25) is 9.59 Å². The van der Waals surface area contributed by atoms with Crippen molar-refractivity contribution >= 4 is 11.9 Å². The number of aliphatic carboxylic acids is 1. The zero-order valence-corrected chi connectivity index (χ0v) is 8.61. The molecule has 1 amide bonds. The third-order valence-corrected chi connectivity index (χ3v) is 3.67. The molecule has 2 aliphatic rings. The van der Waals surface area contributed by atoms with Gasteiger partial charge in [0.1, 0.15) is 0 Å². The Balaban J connectivity index is 1.89. The number of hydrogen-bond acceptors (Lipinski definition) is 3. The van der Waals surface area contributed by atoms with Crippen LogP contribution in [0.2, 0.25) is 0 Å². The second kappa shape index (κ2) is 3.48. The zero-order chi connectivity index (χ0) is 11.1. The van der Waals surface area contributed by atoms with Crippen LogP contribution in [-0.4, -0.2) is 41.5 Å². The smallest absolute Gasteiger partial charge is 0.306 e. The van der Waals surface area contributed by atoms with E-state index in [1.54, 1.807) is 4.90 Å². The van der Waals surface area contributed by atoms with E-state index in [2.05, 4.69) is 0 Å². The molecule has 2 fully saturated rings. The summed E-state index contributed by atoms with van der Waals surface area (Å²) in [6.45, 7) is 1.49. The molecule has 0 unspecified atom stereocenters. The minimum absolute atomic E-state index is 0.0225.